The molecule has 0 aromatic rings. The number of aliphatic hydroxyl groups is 1. The maximum atomic E-state index is 8.50. The number of alkyl halides is 4. The van der Waals surface area contributed by atoms with Crippen LogP contribution in [0, 0.1) is 0 Å². The van der Waals surface area contributed by atoms with Crippen molar-refractivity contribution in [2.24, 2.45) is 0 Å². The lowest BCUT2D eigenvalue weighted by atomic mass is 10.3. The molecule has 0 aromatic carbocycles. The fourth-order valence-corrected chi connectivity index (χ4v) is 0.258. The zero-order valence-electron chi connectivity index (χ0n) is 4.67. The molecule has 0 aliphatic carbocycles. The van der Waals surface area contributed by atoms with Crippen LogP contribution in [0.25, 0.3) is 0 Å². The van der Waals surface area contributed by atoms with E-state index in [0.717, 1.165) is 0 Å². The van der Waals surface area contributed by atoms with Crippen LogP contribution < -0.4 is 0 Å². The highest BCUT2D eigenvalue weighted by Crippen LogP contribution is 2.41. The summed E-state index contributed by atoms with van der Waals surface area (Å²) in [5.74, 6) is 0. The van der Waals surface area contributed by atoms with Crippen molar-refractivity contribution in [2.45, 2.75) is 15.6 Å². The minimum absolute atomic E-state index is 0.473. The van der Waals surface area contributed by atoms with Gasteiger partial charge in [0.2, 0.25) is 0 Å². The topological polar surface area (TPSA) is 20.2 Å². The number of hydrogen-bond donors (Lipinski definition) is 1. The van der Waals surface area contributed by atoms with E-state index in [4.69, 9.17) is 51.5 Å². The van der Waals surface area contributed by atoms with Crippen LogP contribution >= 0.6 is 46.4 Å². The van der Waals surface area contributed by atoms with Gasteiger partial charge in [0.05, 0.1) is 6.61 Å². The standard InChI is InChI=1S/C4H6Cl4O/c1-3(5,6)4(7,8)2-9/h9H,2H2,1H3. The number of halogens is 4. The molecule has 0 fully saturated rings. The van der Waals surface area contributed by atoms with Gasteiger partial charge in [-0.05, 0) is 6.92 Å². The van der Waals surface area contributed by atoms with Crippen LogP contribution in [0.4, 0.5) is 0 Å². The molecule has 0 spiro atoms. The molecule has 1 nitrogen and oxygen atoms in total. The summed E-state index contributed by atoms with van der Waals surface area (Å²) in [6.07, 6.45) is 0. The Morgan fingerprint density at radius 1 is 1.22 bits per heavy atom. The van der Waals surface area contributed by atoms with E-state index >= 15 is 0 Å². The average Bonchev–Trinajstić information content (AvgIpc) is 1.64. The molecular weight excluding hydrogens is 206 g/mol. The first-order valence-electron chi connectivity index (χ1n) is 2.18. The molecule has 0 saturated heterocycles. The van der Waals surface area contributed by atoms with Gasteiger partial charge in [0, 0.05) is 0 Å². The van der Waals surface area contributed by atoms with Crippen LogP contribution in [-0.2, 0) is 0 Å². The zero-order valence-corrected chi connectivity index (χ0v) is 7.69. The van der Waals surface area contributed by atoms with Gasteiger partial charge in [-0.2, -0.15) is 0 Å². The molecule has 0 heterocycles. The second-order valence-electron chi connectivity index (χ2n) is 1.75. The summed E-state index contributed by atoms with van der Waals surface area (Å²) in [6, 6.07) is 0. The van der Waals surface area contributed by atoms with Gasteiger partial charge in [-0.25, -0.2) is 0 Å². The SMILES string of the molecule is CC(Cl)(Cl)C(Cl)(Cl)CO. The van der Waals surface area contributed by atoms with E-state index in [0.29, 0.717) is 0 Å². The monoisotopic (exact) mass is 210 g/mol. The van der Waals surface area contributed by atoms with Gasteiger partial charge < -0.3 is 5.11 Å². The molecule has 0 saturated carbocycles. The van der Waals surface area contributed by atoms with E-state index in [1.807, 2.05) is 0 Å². The molecule has 0 radical (unpaired) electrons. The van der Waals surface area contributed by atoms with Gasteiger partial charge in [-0.15, -0.1) is 0 Å². The quantitative estimate of drug-likeness (QED) is 0.696. The largest absolute Gasteiger partial charge is 0.393 e. The number of aliphatic hydroxyl groups excluding tert-OH is 1. The third kappa shape index (κ3) is 2.69. The molecule has 0 bridgehead atoms. The van der Waals surface area contributed by atoms with Crippen molar-refractivity contribution in [3.63, 3.8) is 0 Å². The van der Waals surface area contributed by atoms with Crippen molar-refractivity contribution in [3.05, 3.63) is 0 Å². The van der Waals surface area contributed by atoms with E-state index in [1.54, 1.807) is 0 Å². The lowest BCUT2D eigenvalue weighted by Crippen LogP contribution is -2.36. The Kier molecular flexibility index (Phi) is 3.39. The van der Waals surface area contributed by atoms with E-state index in [9.17, 15) is 0 Å². The smallest absolute Gasteiger partial charge is 0.173 e. The maximum Gasteiger partial charge on any atom is 0.173 e. The first kappa shape index (κ1) is 10.1. The summed E-state index contributed by atoms with van der Waals surface area (Å²) in [7, 11) is 0. The molecule has 0 unspecified atom stereocenters. The molecule has 0 aliphatic rings. The highest BCUT2D eigenvalue weighted by atomic mass is 35.5. The maximum absolute atomic E-state index is 8.50. The van der Waals surface area contributed by atoms with Gasteiger partial charge in [-0.3, -0.25) is 0 Å². The lowest BCUT2D eigenvalue weighted by Gasteiger charge is -2.26. The molecular formula is C4H6Cl4O. The van der Waals surface area contributed by atoms with Crippen LogP contribution in [0.15, 0.2) is 0 Å². The molecule has 9 heavy (non-hydrogen) atoms. The zero-order chi connectivity index (χ0) is 7.71. The van der Waals surface area contributed by atoms with Gasteiger partial charge >= 0.3 is 0 Å². The number of hydrogen-bond acceptors (Lipinski definition) is 1. The summed E-state index contributed by atoms with van der Waals surface area (Å²) >= 11 is 21.8. The van der Waals surface area contributed by atoms with Crippen LogP contribution in [0.1, 0.15) is 6.92 Å². The minimum atomic E-state index is -1.49. The molecule has 0 atom stereocenters. The Labute approximate surface area is 73.8 Å². The van der Waals surface area contributed by atoms with E-state index < -0.39 is 15.3 Å². The van der Waals surface area contributed by atoms with Crippen molar-refractivity contribution in [3.8, 4) is 0 Å². The third-order valence-corrected chi connectivity index (χ3v) is 2.87. The fraction of sp³-hybridized carbons (Fsp3) is 1.00. The summed E-state index contributed by atoms with van der Waals surface area (Å²) in [6.45, 7) is 0.936. The second kappa shape index (κ2) is 3.02. The van der Waals surface area contributed by atoms with E-state index in [2.05, 4.69) is 0 Å². The summed E-state index contributed by atoms with van der Waals surface area (Å²) < 4.78 is -2.82. The van der Waals surface area contributed by atoms with Gasteiger partial charge in [0.25, 0.3) is 0 Å². The van der Waals surface area contributed by atoms with E-state index in [-0.39, 0.29) is 0 Å². The summed E-state index contributed by atoms with van der Waals surface area (Å²) in [5, 5.41) is 8.50. The van der Waals surface area contributed by atoms with E-state index in [1.165, 1.54) is 6.92 Å². The second-order valence-corrected chi connectivity index (χ2v) is 4.94. The van der Waals surface area contributed by atoms with Gasteiger partial charge in [0.1, 0.15) is 0 Å². The van der Waals surface area contributed by atoms with Crippen molar-refractivity contribution in [2.75, 3.05) is 6.61 Å². The van der Waals surface area contributed by atoms with Crippen molar-refractivity contribution in [1.29, 1.82) is 0 Å². The highest BCUT2D eigenvalue weighted by Gasteiger charge is 2.42. The predicted octanol–water partition coefficient (Wildman–Crippen LogP) is 2.35. The first-order valence-corrected chi connectivity index (χ1v) is 3.69. The third-order valence-electron chi connectivity index (χ3n) is 0.841. The molecule has 0 rings (SSSR count). The van der Waals surface area contributed by atoms with Gasteiger partial charge in [-0.1, -0.05) is 46.4 Å². The van der Waals surface area contributed by atoms with Crippen LogP contribution in [-0.4, -0.2) is 20.4 Å². The molecule has 5 heteroatoms. The fourth-order valence-electron chi connectivity index (χ4n) is 0.139. The Bertz CT molecular complexity index is 95.2. The molecule has 0 amide bonds. The van der Waals surface area contributed by atoms with Gasteiger partial charge in [0.15, 0.2) is 8.67 Å². The highest BCUT2D eigenvalue weighted by molar-refractivity contribution is 6.62. The van der Waals surface area contributed by atoms with Crippen molar-refractivity contribution < 1.29 is 5.11 Å². The van der Waals surface area contributed by atoms with Crippen molar-refractivity contribution in [1.82, 2.24) is 0 Å². The van der Waals surface area contributed by atoms with Crippen LogP contribution in [0.3, 0.4) is 0 Å². The lowest BCUT2D eigenvalue weighted by molar-refractivity contribution is 0.273. The molecule has 0 aliphatic heterocycles. The summed E-state index contributed by atoms with van der Waals surface area (Å²) in [5.41, 5.74) is 0. The van der Waals surface area contributed by atoms with Crippen LogP contribution in [0.5, 0.6) is 0 Å². The molecule has 0 aromatic heterocycles. The Hall–Kier alpha value is 1.12. The average molecular weight is 212 g/mol. The minimum Gasteiger partial charge on any atom is -0.393 e. The van der Waals surface area contributed by atoms with Crippen molar-refractivity contribution >= 4 is 46.4 Å². The summed E-state index contributed by atoms with van der Waals surface area (Å²) in [4.78, 5) is 0. The number of rotatable bonds is 2. The Morgan fingerprint density at radius 2 is 1.56 bits per heavy atom. The first-order chi connectivity index (χ1) is 3.81. The Balaban J connectivity index is 4.14. The predicted molar refractivity (Wildman–Crippen MR) is 41.6 cm³/mol. The molecule has 1 N–H and O–H groups in total. The van der Waals surface area contributed by atoms with Crippen LogP contribution in [0.2, 0.25) is 0 Å². The Morgan fingerprint density at radius 3 is 1.56 bits per heavy atom. The normalized spacial score (nSPS) is 14.0. The molecule has 56 valence electrons.